The summed E-state index contributed by atoms with van der Waals surface area (Å²) in [6.45, 7) is 0.898. The van der Waals surface area contributed by atoms with Crippen LogP contribution < -0.4 is 15.2 Å². The van der Waals surface area contributed by atoms with Crippen LogP contribution in [0.3, 0.4) is 0 Å². The van der Waals surface area contributed by atoms with Crippen LogP contribution in [0.2, 0.25) is 0 Å². The lowest BCUT2D eigenvalue weighted by Crippen LogP contribution is -1.97. The molecule has 1 heterocycles. The van der Waals surface area contributed by atoms with Crippen LogP contribution in [0, 0.1) is 0 Å². The molecule has 0 fully saturated rings. The van der Waals surface area contributed by atoms with Crippen molar-refractivity contribution < 1.29 is 13.9 Å². The van der Waals surface area contributed by atoms with E-state index in [0.717, 1.165) is 33.6 Å². The molecule has 0 spiro atoms. The van der Waals surface area contributed by atoms with Crippen LogP contribution in [-0.2, 0) is 13.2 Å². The summed E-state index contributed by atoms with van der Waals surface area (Å²) in [5, 5.41) is 1.04. The van der Waals surface area contributed by atoms with E-state index in [-0.39, 0.29) is 0 Å². The molecule has 0 saturated heterocycles. The van der Waals surface area contributed by atoms with E-state index in [1.54, 1.807) is 13.4 Å². The SMILES string of the molecule is COc1cccc(OCc2coc3c(CN)cccc23)c1. The maximum atomic E-state index is 5.80. The maximum absolute atomic E-state index is 5.80. The molecule has 0 atom stereocenters. The van der Waals surface area contributed by atoms with Gasteiger partial charge in [0, 0.05) is 29.1 Å². The maximum Gasteiger partial charge on any atom is 0.138 e. The Balaban J connectivity index is 1.82. The number of hydrogen-bond acceptors (Lipinski definition) is 4. The van der Waals surface area contributed by atoms with Gasteiger partial charge in [-0.3, -0.25) is 0 Å². The lowest BCUT2D eigenvalue weighted by molar-refractivity contribution is 0.303. The molecule has 0 saturated carbocycles. The minimum Gasteiger partial charge on any atom is -0.497 e. The Bertz CT molecular complexity index is 749. The molecular formula is C17H17NO3. The van der Waals surface area contributed by atoms with Crippen molar-refractivity contribution in [1.82, 2.24) is 0 Å². The number of benzene rings is 2. The molecule has 0 aliphatic carbocycles. The summed E-state index contributed by atoms with van der Waals surface area (Å²) in [4.78, 5) is 0. The molecule has 0 radical (unpaired) electrons. The van der Waals surface area contributed by atoms with Gasteiger partial charge in [-0.1, -0.05) is 24.3 Å². The van der Waals surface area contributed by atoms with Crippen LogP contribution in [0.25, 0.3) is 11.0 Å². The van der Waals surface area contributed by atoms with Gasteiger partial charge in [-0.15, -0.1) is 0 Å². The number of nitrogens with two attached hydrogens (primary N) is 1. The molecule has 3 rings (SSSR count). The van der Waals surface area contributed by atoms with E-state index in [4.69, 9.17) is 19.6 Å². The number of rotatable bonds is 5. The van der Waals surface area contributed by atoms with Crippen molar-refractivity contribution in [2.75, 3.05) is 7.11 Å². The first-order chi connectivity index (χ1) is 10.3. The fourth-order valence-corrected chi connectivity index (χ4v) is 2.29. The number of furan rings is 1. The number of hydrogen-bond donors (Lipinski definition) is 1. The van der Waals surface area contributed by atoms with Crippen LogP contribution in [0.1, 0.15) is 11.1 Å². The molecule has 0 bridgehead atoms. The zero-order chi connectivity index (χ0) is 14.7. The summed E-state index contributed by atoms with van der Waals surface area (Å²) >= 11 is 0. The first-order valence-electron chi connectivity index (χ1n) is 6.76. The second-order valence-corrected chi connectivity index (χ2v) is 4.73. The van der Waals surface area contributed by atoms with E-state index >= 15 is 0 Å². The highest BCUT2D eigenvalue weighted by Gasteiger charge is 2.09. The molecule has 0 aliphatic heterocycles. The van der Waals surface area contributed by atoms with E-state index in [1.165, 1.54) is 0 Å². The second-order valence-electron chi connectivity index (χ2n) is 4.73. The number of ether oxygens (including phenoxy) is 2. The Kier molecular flexibility index (Phi) is 3.79. The molecular weight excluding hydrogens is 266 g/mol. The Morgan fingerprint density at radius 3 is 2.67 bits per heavy atom. The molecule has 0 unspecified atom stereocenters. The molecule has 1 aromatic heterocycles. The minimum atomic E-state index is 0.439. The van der Waals surface area contributed by atoms with Gasteiger partial charge in [0.05, 0.1) is 13.4 Å². The van der Waals surface area contributed by atoms with Crippen molar-refractivity contribution in [3.8, 4) is 11.5 Å². The zero-order valence-electron chi connectivity index (χ0n) is 11.8. The fraction of sp³-hybridized carbons (Fsp3) is 0.176. The van der Waals surface area contributed by atoms with Gasteiger partial charge in [0.25, 0.3) is 0 Å². The van der Waals surface area contributed by atoms with Gasteiger partial charge in [0.1, 0.15) is 23.7 Å². The van der Waals surface area contributed by atoms with Crippen molar-refractivity contribution in [3.63, 3.8) is 0 Å². The van der Waals surface area contributed by atoms with Gasteiger partial charge >= 0.3 is 0 Å². The summed E-state index contributed by atoms with van der Waals surface area (Å²) in [7, 11) is 1.64. The Morgan fingerprint density at radius 1 is 1.05 bits per heavy atom. The molecule has 2 N–H and O–H groups in total. The topological polar surface area (TPSA) is 57.6 Å². The quantitative estimate of drug-likeness (QED) is 0.779. The molecule has 4 nitrogen and oxygen atoms in total. The third kappa shape index (κ3) is 2.71. The fourth-order valence-electron chi connectivity index (χ4n) is 2.29. The summed E-state index contributed by atoms with van der Waals surface area (Å²) in [6.07, 6.45) is 1.73. The number of methoxy groups -OCH3 is 1. The molecule has 0 aliphatic rings. The highest BCUT2D eigenvalue weighted by atomic mass is 16.5. The van der Waals surface area contributed by atoms with Gasteiger partial charge < -0.3 is 19.6 Å². The normalized spacial score (nSPS) is 10.8. The first kappa shape index (κ1) is 13.5. The second kappa shape index (κ2) is 5.89. The third-order valence-electron chi connectivity index (χ3n) is 3.42. The Morgan fingerprint density at radius 2 is 1.86 bits per heavy atom. The van der Waals surface area contributed by atoms with Gasteiger partial charge in [-0.25, -0.2) is 0 Å². The molecule has 0 amide bonds. The predicted molar refractivity (Wildman–Crippen MR) is 81.4 cm³/mol. The Hall–Kier alpha value is -2.46. The largest absolute Gasteiger partial charge is 0.497 e. The van der Waals surface area contributed by atoms with E-state index in [2.05, 4.69) is 0 Å². The zero-order valence-corrected chi connectivity index (χ0v) is 11.8. The van der Waals surface area contributed by atoms with Crippen LogP contribution >= 0.6 is 0 Å². The highest BCUT2D eigenvalue weighted by molar-refractivity contribution is 5.83. The predicted octanol–water partition coefficient (Wildman–Crippen LogP) is 3.48. The molecule has 21 heavy (non-hydrogen) atoms. The van der Waals surface area contributed by atoms with Crippen LogP contribution in [0.5, 0.6) is 11.5 Å². The summed E-state index contributed by atoms with van der Waals surface area (Å²) in [5.41, 5.74) is 8.56. The molecule has 3 aromatic rings. The summed E-state index contributed by atoms with van der Waals surface area (Å²) in [5.74, 6) is 1.54. The van der Waals surface area contributed by atoms with Crippen molar-refractivity contribution in [2.45, 2.75) is 13.2 Å². The van der Waals surface area contributed by atoms with Crippen molar-refractivity contribution in [3.05, 3.63) is 59.9 Å². The third-order valence-corrected chi connectivity index (χ3v) is 3.42. The smallest absolute Gasteiger partial charge is 0.138 e. The summed E-state index contributed by atoms with van der Waals surface area (Å²) in [6, 6.07) is 13.5. The van der Waals surface area contributed by atoms with Gasteiger partial charge in [0.2, 0.25) is 0 Å². The average Bonchev–Trinajstić information content (AvgIpc) is 2.96. The van der Waals surface area contributed by atoms with Gasteiger partial charge in [-0.05, 0) is 12.1 Å². The van der Waals surface area contributed by atoms with Crippen LogP contribution in [0.4, 0.5) is 0 Å². The van der Waals surface area contributed by atoms with Crippen LogP contribution in [-0.4, -0.2) is 7.11 Å². The number of fused-ring (bicyclic) bond motifs is 1. The van der Waals surface area contributed by atoms with E-state index in [0.29, 0.717) is 13.2 Å². The highest BCUT2D eigenvalue weighted by Crippen LogP contribution is 2.26. The molecule has 2 aromatic carbocycles. The van der Waals surface area contributed by atoms with Gasteiger partial charge in [0.15, 0.2) is 0 Å². The van der Waals surface area contributed by atoms with Crippen molar-refractivity contribution in [2.24, 2.45) is 5.73 Å². The molecule has 108 valence electrons. The van der Waals surface area contributed by atoms with Gasteiger partial charge in [-0.2, -0.15) is 0 Å². The van der Waals surface area contributed by atoms with E-state index in [1.807, 2.05) is 42.5 Å². The van der Waals surface area contributed by atoms with Crippen LogP contribution in [0.15, 0.2) is 53.1 Å². The van der Waals surface area contributed by atoms with E-state index in [9.17, 15) is 0 Å². The molecule has 4 heteroatoms. The van der Waals surface area contributed by atoms with Crippen molar-refractivity contribution >= 4 is 11.0 Å². The Labute approximate surface area is 123 Å². The first-order valence-corrected chi connectivity index (χ1v) is 6.76. The lowest BCUT2D eigenvalue weighted by atomic mass is 10.1. The monoisotopic (exact) mass is 283 g/mol. The minimum absolute atomic E-state index is 0.439. The van der Waals surface area contributed by atoms with E-state index < -0.39 is 0 Å². The lowest BCUT2D eigenvalue weighted by Gasteiger charge is -2.06. The standard InChI is InChI=1S/C17H17NO3/c1-19-14-5-3-6-15(8-14)20-10-13-11-21-17-12(9-18)4-2-7-16(13)17/h2-8,11H,9-10,18H2,1H3. The van der Waals surface area contributed by atoms with Crippen molar-refractivity contribution in [1.29, 1.82) is 0 Å². The summed E-state index contributed by atoms with van der Waals surface area (Å²) < 4.78 is 16.6. The number of para-hydroxylation sites is 1. The average molecular weight is 283 g/mol.